The van der Waals surface area contributed by atoms with E-state index in [2.05, 4.69) is 30.0 Å². The van der Waals surface area contributed by atoms with Crippen LogP contribution in [-0.4, -0.2) is 49.1 Å². The monoisotopic (exact) mass is 402 g/mol. The molecule has 0 aliphatic carbocycles. The summed E-state index contributed by atoms with van der Waals surface area (Å²) in [7, 11) is 2.86. The van der Waals surface area contributed by atoms with Crippen molar-refractivity contribution in [3.63, 3.8) is 0 Å². The average molecular weight is 402 g/mol. The lowest BCUT2D eigenvalue weighted by molar-refractivity contribution is 0.213. The van der Waals surface area contributed by atoms with Gasteiger partial charge in [0, 0.05) is 0 Å². The summed E-state index contributed by atoms with van der Waals surface area (Å²) in [5.41, 5.74) is 12.4. The largest absolute Gasteiger partial charge is 0.492 e. The van der Waals surface area contributed by atoms with Crippen LogP contribution in [0.5, 0.6) is 11.5 Å². The SMILES string of the molecule is CO/N=C(/N)c1ccc(OCCCCCOc2ccc(/C(N)=N\OC)nc2)cn1. The highest BCUT2D eigenvalue weighted by atomic mass is 16.6. The van der Waals surface area contributed by atoms with Gasteiger partial charge < -0.3 is 30.6 Å². The summed E-state index contributed by atoms with van der Waals surface area (Å²) >= 11 is 0. The average Bonchev–Trinajstić information content (AvgIpc) is 2.74. The van der Waals surface area contributed by atoms with Crippen molar-refractivity contribution >= 4 is 11.7 Å². The van der Waals surface area contributed by atoms with Gasteiger partial charge in [0.1, 0.15) is 37.1 Å². The first kappa shape index (κ1) is 21.7. The number of amidine groups is 2. The van der Waals surface area contributed by atoms with Crippen molar-refractivity contribution in [2.24, 2.45) is 21.8 Å². The van der Waals surface area contributed by atoms with Crippen LogP contribution in [0.4, 0.5) is 0 Å². The molecule has 2 heterocycles. The van der Waals surface area contributed by atoms with Crippen LogP contribution in [0.2, 0.25) is 0 Å². The molecule has 0 fully saturated rings. The van der Waals surface area contributed by atoms with Crippen LogP contribution in [0, 0.1) is 0 Å². The molecule has 0 amide bonds. The zero-order valence-electron chi connectivity index (χ0n) is 16.6. The summed E-state index contributed by atoms with van der Waals surface area (Å²) in [5.74, 6) is 1.79. The van der Waals surface area contributed by atoms with Gasteiger partial charge in [-0.25, -0.2) is 9.97 Å². The summed E-state index contributed by atoms with van der Waals surface area (Å²) in [5, 5.41) is 7.26. The number of rotatable bonds is 12. The van der Waals surface area contributed by atoms with Crippen molar-refractivity contribution in [3.05, 3.63) is 48.0 Å². The van der Waals surface area contributed by atoms with Crippen LogP contribution in [0.1, 0.15) is 30.7 Å². The molecule has 0 atom stereocenters. The van der Waals surface area contributed by atoms with E-state index in [0.717, 1.165) is 19.3 Å². The Balaban J connectivity index is 1.60. The van der Waals surface area contributed by atoms with Gasteiger partial charge in [0.2, 0.25) is 0 Å². The van der Waals surface area contributed by atoms with Gasteiger partial charge in [0.15, 0.2) is 11.7 Å². The van der Waals surface area contributed by atoms with Crippen LogP contribution in [0.3, 0.4) is 0 Å². The molecule has 0 aliphatic rings. The minimum Gasteiger partial charge on any atom is -0.492 e. The molecule has 29 heavy (non-hydrogen) atoms. The Bertz CT molecular complexity index is 726. The maximum Gasteiger partial charge on any atom is 0.188 e. The van der Waals surface area contributed by atoms with E-state index < -0.39 is 0 Å². The van der Waals surface area contributed by atoms with Crippen molar-refractivity contribution in [3.8, 4) is 11.5 Å². The molecule has 0 aromatic carbocycles. The van der Waals surface area contributed by atoms with Crippen molar-refractivity contribution < 1.29 is 19.1 Å². The van der Waals surface area contributed by atoms with Gasteiger partial charge in [-0.2, -0.15) is 0 Å². The Morgan fingerprint density at radius 2 is 1.21 bits per heavy atom. The molecule has 0 saturated carbocycles. The predicted molar refractivity (Wildman–Crippen MR) is 109 cm³/mol. The van der Waals surface area contributed by atoms with Gasteiger partial charge in [-0.1, -0.05) is 10.3 Å². The topological polar surface area (TPSA) is 139 Å². The molecule has 0 unspecified atom stereocenters. The lowest BCUT2D eigenvalue weighted by Crippen LogP contribution is -2.15. The number of nitrogens with two attached hydrogens (primary N) is 2. The van der Waals surface area contributed by atoms with Crippen LogP contribution in [0.25, 0.3) is 0 Å². The molecule has 0 spiro atoms. The highest BCUT2D eigenvalue weighted by molar-refractivity contribution is 5.95. The Morgan fingerprint density at radius 1 is 0.759 bits per heavy atom. The normalized spacial score (nSPS) is 11.8. The second-order valence-corrected chi connectivity index (χ2v) is 5.83. The minimum absolute atomic E-state index is 0.218. The highest BCUT2D eigenvalue weighted by Crippen LogP contribution is 2.12. The summed E-state index contributed by atoms with van der Waals surface area (Å²) in [4.78, 5) is 17.6. The molecular weight excluding hydrogens is 376 g/mol. The van der Waals surface area contributed by atoms with Gasteiger partial charge >= 0.3 is 0 Å². The van der Waals surface area contributed by atoms with E-state index in [9.17, 15) is 0 Å². The van der Waals surface area contributed by atoms with E-state index in [1.807, 2.05) is 0 Å². The second kappa shape index (κ2) is 12.0. The zero-order chi connectivity index (χ0) is 20.9. The number of hydrogen-bond donors (Lipinski definition) is 2. The third-order valence-corrected chi connectivity index (χ3v) is 3.70. The minimum atomic E-state index is 0.218. The molecule has 0 saturated heterocycles. The zero-order valence-corrected chi connectivity index (χ0v) is 16.6. The maximum absolute atomic E-state index is 5.69. The third kappa shape index (κ3) is 7.53. The lowest BCUT2D eigenvalue weighted by atomic mass is 10.2. The Kier molecular flexibility index (Phi) is 9.00. The molecule has 2 rings (SSSR count). The van der Waals surface area contributed by atoms with Gasteiger partial charge in [-0.3, -0.25) is 0 Å². The van der Waals surface area contributed by atoms with Crippen molar-refractivity contribution in [2.75, 3.05) is 27.4 Å². The Labute approximate surface area is 169 Å². The molecule has 156 valence electrons. The van der Waals surface area contributed by atoms with E-state index in [1.165, 1.54) is 14.2 Å². The molecular formula is C19H26N6O4. The molecule has 0 aliphatic heterocycles. The number of oxime groups is 2. The number of ether oxygens (including phenoxy) is 2. The standard InChI is InChI=1S/C19H26N6O4/c1-26-24-18(20)16-8-6-14(12-22-16)28-10-4-3-5-11-29-15-7-9-17(23-13-15)19(21)25-27-2/h6-9,12-13H,3-5,10-11H2,1-2H3,(H2,20,24)(H2,21,25). The molecule has 0 bridgehead atoms. The quantitative estimate of drug-likeness (QED) is 0.236. The first-order valence-electron chi connectivity index (χ1n) is 9.05. The van der Waals surface area contributed by atoms with Gasteiger partial charge in [-0.05, 0) is 43.5 Å². The smallest absolute Gasteiger partial charge is 0.188 e. The first-order valence-corrected chi connectivity index (χ1v) is 9.05. The summed E-state index contributed by atoms with van der Waals surface area (Å²) in [6, 6.07) is 7.05. The first-order chi connectivity index (χ1) is 14.1. The van der Waals surface area contributed by atoms with Gasteiger partial charge in [0.05, 0.1) is 25.6 Å². The van der Waals surface area contributed by atoms with Crippen LogP contribution >= 0.6 is 0 Å². The van der Waals surface area contributed by atoms with Crippen LogP contribution in [-0.2, 0) is 9.68 Å². The molecule has 4 N–H and O–H groups in total. The molecule has 10 nitrogen and oxygen atoms in total. The number of hydrogen-bond acceptors (Lipinski definition) is 8. The number of aromatic nitrogens is 2. The summed E-state index contributed by atoms with van der Waals surface area (Å²) in [6.45, 7) is 1.19. The summed E-state index contributed by atoms with van der Waals surface area (Å²) < 4.78 is 11.3. The van der Waals surface area contributed by atoms with Crippen LogP contribution in [0.15, 0.2) is 47.0 Å². The fraction of sp³-hybridized carbons (Fsp3) is 0.368. The Hall–Kier alpha value is -3.56. The van der Waals surface area contributed by atoms with Crippen molar-refractivity contribution in [1.29, 1.82) is 0 Å². The third-order valence-electron chi connectivity index (χ3n) is 3.70. The van der Waals surface area contributed by atoms with E-state index >= 15 is 0 Å². The van der Waals surface area contributed by atoms with Crippen LogP contribution < -0.4 is 20.9 Å². The van der Waals surface area contributed by atoms with E-state index in [1.54, 1.807) is 36.7 Å². The molecule has 2 aromatic rings. The van der Waals surface area contributed by atoms with Gasteiger partial charge in [-0.15, -0.1) is 0 Å². The van der Waals surface area contributed by atoms with Gasteiger partial charge in [0.25, 0.3) is 0 Å². The molecule has 2 aromatic heterocycles. The Morgan fingerprint density at radius 3 is 1.55 bits per heavy atom. The predicted octanol–water partition coefficient (Wildman–Crippen LogP) is 1.64. The fourth-order valence-electron chi connectivity index (χ4n) is 2.29. The van der Waals surface area contributed by atoms with E-state index in [4.69, 9.17) is 20.9 Å². The maximum atomic E-state index is 5.69. The highest BCUT2D eigenvalue weighted by Gasteiger charge is 2.03. The lowest BCUT2D eigenvalue weighted by Gasteiger charge is -2.08. The van der Waals surface area contributed by atoms with Crippen molar-refractivity contribution in [1.82, 2.24) is 9.97 Å². The summed E-state index contributed by atoms with van der Waals surface area (Å²) in [6.07, 6.45) is 5.99. The number of pyridine rings is 2. The van der Waals surface area contributed by atoms with Crippen molar-refractivity contribution in [2.45, 2.75) is 19.3 Å². The van der Waals surface area contributed by atoms with E-state index in [0.29, 0.717) is 36.1 Å². The van der Waals surface area contributed by atoms with E-state index in [-0.39, 0.29) is 11.7 Å². The molecule has 0 radical (unpaired) electrons. The number of unbranched alkanes of at least 4 members (excludes halogenated alkanes) is 2. The number of nitrogens with zero attached hydrogens (tertiary/aromatic N) is 4. The fourth-order valence-corrected chi connectivity index (χ4v) is 2.29. The molecule has 10 heteroatoms. The second-order valence-electron chi connectivity index (χ2n) is 5.83.